The van der Waals surface area contributed by atoms with Crippen molar-refractivity contribution in [3.8, 4) is 5.69 Å². The molecule has 0 radical (unpaired) electrons. The molecule has 4 rings (SSSR count). The van der Waals surface area contributed by atoms with Crippen LogP contribution in [-0.4, -0.2) is 60.6 Å². The standard InChI is InChI=1S/C31H38FN3O5/c1-20(2)29-27(16-15-24(36)18-25(37)19-28(38)39)35(23-13-11-22(32)12-14-23)33-30(29)31(40)34-17-7-6-10-26(34)21-8-4-3-5-9-21/h3-5,8-9,11-14,20,24-26,36-37H,6-7,10,15-19H2,1-2H3,(H,38,39)/t24-,25-,26?/m1/s1. The van der Waals surface area contributed by atoms with Crippen molar-refractivity contribution >= 4 is 11.9 Å². The monoisotopic (exact) mass is 551 g/mol. The minimum Gasteiger partial charge on any atom is -0.481 e. The number of benzene rings is 2. The third-order valence-electron chi connectivity index (χ3n) is 7.49. The molecule has 1 fully saturated rings. The van der Waals surface area contributed by atoms with Crippen molar-refractivity contribution in [1.29, 1.82) is 0 Å². The number of hydrogen-bond acceptors (Lipinski definition) is 5. The molecule has 0 saturated carbocycles. The summed E-state index contributed by atoms with van der Waals surface area (Å²) in [4.78, 5) is 27.0. The van der Waals surface area contributed by atoms with Crippen molar-refractivity contribution in [3.63, 3.8) is 0 Å². The number of nitrogens with zero attached hydrogens (tertiary/aromatic N) is 3. The molecule has 3 N–H and O–H groups in total. The summed E-state index contributed by atoms with van der Waals surface area (Å²) in [5, 5.41) is 34.3. The van der Waals surface area contributed by atoms with Gasteiger partial charge in [0.2, 0.25) is 0 Å². The van der Waals surface area contributed by atoms with Gasteiger partial charge in [-0.15, -0.1) is 0 Å². The molecule has 0 spiro atoms. The Balaban J connectivity index is 1.71. The van der Waals surface area contributed by atoms with Crippen LogP contribution in [0.5, 0.6) is 0 Å². The van der Waals surface area contributed by atoms with Crippen molar-refractivity contribution in [1.82, 2.24) is 14.7 Å². The molecule has 2 heterocycles. The van der Waals surface area contributed by atoms with Crippen LogP contribution in [0.2, 0.25) is 0 Å². The fourth-order valence-electron chi connectivity index (χ4n) is 5.62. The number of aliphatic hydroxyl groups is 2. The van der Waals surface area contributed by atoms with E-state index in [0.29, 0.717) is 24.3 Å². The van der Waals surface area contributed by atoms with Crippen LogP contribution < -0.4 is 0 Å². The number of aliphatic carboxylic acids is 1. The van der Waals surface area contributed by atoms with Gasteiger partial charge in [0, 0.05) is 17.8 Å². The number of rotatable bonds is 11. The van der Waals surface area contributed by atoms with Crippen molar-refractivity contribution in [2.75, 3.05) is 6.54 Å². The van der Waals surface area contributed by atoms with E-state index >= 15 is 0 Å². The SMILES string of the molecule is CC(C)c1c(C(=O)N2CCCCC2c2ccccc2)nn(-c2ccc(F)cc2)c1CC[C@@H](O)C[C@@H](O)CC(=O)O. The van der Waals surface area contributed by atoms with Gasteiger partial charge in [0.1, 0.15) is 5.82 Å². The number of amides is 1. The third kappa shape index (κ3) is 6.95. The maximum absolute atomic E-state index is 14.2. The third-order valence-corrected chi connectivity index (χ3v) is 7.49. The molecule has 1 amide bonds. The van der Waals surface area contributed by atoms with Crippen molar-refractivity contribution in [2.24, 2.45) is 0 Å². The number of piperidine rings is 1. The number of carbonyl (C=O) groups is 2. The first-order chi connectivity index (χ1) is 19.2. The van der Waals surface area contributed by atoms with Crippen LogP contribution in [-0.2, 0) is 11.2 Å². The van der Waals surface area contributed by atoms with Crippen molar-refractivity contribution in [3.05, 3.63) is 82.9 Å². The second kappa shape index (κ2) is 13.2. The van der Waals surface area contributed by atoms with Gasteiger partial charge in [0.15, 0.2) is 5.69 Å². The number of hydrogen-bond donors (Lipinski definition) is 3. The van der Waals surface area contributed by atoms with E-state index in [4.69, 9.17) is 10.2 Å². The molecule has 214 valence electrons. The summed E-state index contributed by atoms with van der Waals surface area (Å²) < 4.78 is 15.4. The molecular weight excluding hydrogens is 513 g/mol. The molecule has 3 atom stereocenters. The van der Waals surface area contributed by atoms with Crippen LogP contribution in [0.1, 0.15) is 91.6 Å². The maximum atomic E-state index is 14.2. The average molecular weight is 552 g/mol. The lowest BCUT2D eigenvalue weighted by atomic mass is 9.92. The van der Waals surface area contributed by atoms with E-state index < -0.39 is 24.6 Å². The zero-order valence-electron chi connectivity index (χ0n) is 23.0. The number of likely N-dealkylation sites (tertiary alicyclic amines) is 1. The molecule has 8 nitrogen and oxygen atoms in total. The van der Waals surface area contributed by atoms with Gasteiger partial charge in [-0.1, -0.05) is 44.2 Å². The molecule has 2 aromatic carbocycles. The number of aromatic nitrogens is 2. The van der Waals surface area contributed by atoms with Gasteiger partial charge in [0.05, 0.1) is 30.4 Å². The van der Waals surface area contributed by atoms with E-state index in [-0.39, 0.29) is 36.5 Å². The molecule has 3 aromatic rings. The van der Waals surface area contributed by atoms with Crippen LogP contribution in [0.25, 0.3) is 5.69 Å². The zero-order valence-corrected chi connectivity index (χ0v) is 23.0. The van der Waals surface area contributed by atoms with Gasteiger partial charge in [0.25, 0.3) is 5.91 Å². The van der Waals surface area contributed by atoms with Crippen molar-refractivity contribution < 1.29 is 29.3 Å². The van der Waals surface area contributed by atoms with Gasteiger partial charge in [-0.2, -0.15) is 5.10 Å². The van der Waals surface area contributed by atoms with E-state index in [0.717, 1.165) is 36.1 Å². The lowest BCUT2D eigenvalue weighted by Gasteiger charge is -2.36. The topological polar surface area (TPSA) is 116 Å². The predicted octanol–water partition coefficient (Wildman–Crippen LogP) is 5.02. The number of carboxylic acid groups (broad SMARTS) is 1. The van der Waals surface area contributed by atoms with E-state index in [1.54, 1.807) is 16.8 Å². The Hall–Kier alpha value is -3.56. The van der Waals surface area contributed by atoms with Crippen LogP contribution in [0.4, 0.5) is 4.39 Å². The molecule has 1 unspecified atom stereocenters. The van der Waals surface area contributed by atoms with Gasteiger partial charge in [-0.3, -0.25) is 9.59 Å². The number of carbonyl (C=O) groups excluding carboxylic acids is 1. The van der Waals surface area contributed by atoms with Crippen LogP contribution in [0, 0.1) is 5.82 Å². The van der Waals surface area contributed by atoms with Gasteiger partial charge in [-0.25, -0.2) is 9.07 Å². The lowest BCUT2D eigenvalue weighted by Crippen LogP contribution is -2.39. The highest BCUT2D eigenvalue weighted by atomic mass is 19.1. The summed E-state index contributed by atoms with van der Waals surface area (Å²) in [6, 6.07) is 15.8. The predicted molar refractivity (Wildman–Crippen MR) is 149 cm³/mol. The maximum Gasteiger partial charge on any atom is 0.305 e. The summed E-state index contributed by atoms with van der Waals surface area (Å²) in [5.41, 5.74) is 3.52. The molecule has 9 heteroatoms. The normalized spacial score (nSPS) is 17.1. The highest BCUT2D eigenvalue weighted by molar-refractivity contribution is 5.94. The zero-order chi connectivity index (χ0) is 28.8. The summed E-state index contributed by atoms with van der Waals surface area (Å²) in [6.45, 7) is 4.60. The Kier molecular flexibility index (Phi) is 9.71. The average Bonchev–Trinajstić information content (AvgIpc) is 3.31. The molecule has 40 heavy (non-hydrogen) atoms. The second-order valence-electron chi connectivity index (χ2n) is 10.9. The first-order valence-electron chi connectivity index (χ1n) is 14.0. The summed E-state index contributed by atoms with van der Waals surface area (Å²) >= 11 is 0. The number of aliphatic hydroxyl groups excluding tert-OH is 2. The van der Waals surface area contributed by atoms with Gasteiger partial charge >= 0.3 is 5.97 Å². The fraction of sp³-hybridized carbons (Fsp3) is 0.452. The summed E-state index contributed by atoms with van der Waals surface area (Å²) in [6.07, 6.45) is 0.722. The molecule has 1 aromatic heterocycles. The summed E-state index contributed by atoms with van der Waals surface area (Å²) in [5.74, 6) is -1.75. The van der Waals surface area contributed by atoms with Gasteiger partial charge in [-0.05, 0) is 74.3 Å². The first-order valence-corrected chi connectivity index (χ1v) is 14.0. The number of halogens is 1. The van der Waals surface area contributed by atoms with Crippen LogP contribution >= 0.6 is 0 Å². The van der Waals surface area contributed by atoms with Crippen LogP contribution in [0.15, 0.2) is 54.6 Å². The minimum absolute atomic E-state index is 0.0561. The Bertz CT molecular complexity index is 1290. The van der Waals surface area contributed by atoms with Crippen LogP contribution in [0.3, 0.4) is 0 Å². The smallest absolute Gasteiger partial charge is 0.305 e. The lowest BCUT2D eigenvalue weighted by molar-refractivity contribution is -0.139. The second-order valence-corrected chi connectivity index (χ2v) is 10.9. The molecule has 1 aliphatic heterocycles. The van der Waals surface area contributed by atoms with Gasteiger partial charge < -0.3 is 20.2 Å². The Morgan fingerprint density at radius 2 is 1.73 bits per heavy atom. The van der Waals surface area contributed by atoms with E-state index in [1.165, 1.54) is 12.1 Å². The fourth-order valence-corrected chi connectivity index (χ4v) is 5.62. The quantitative estimate of drug-likeness (QED) is 0.308. The molecular formula is C31H38FN3O5. The Morgan fingerprint density at radius 3 is 2.38 bits per heavy atom. The molecule has 1 saturated heterocycles. The summed E-state index contributed by atoms with van der Waals surface area (Å²) in [7, 11) is 0. The Labute approximate surface area is 234 Å². The molecule has 0 bridgehead atoms. The minimum atomic E-state index is -1.16. The molecule has 1 aliphatic rings. The van der Waals surface area contributed by atoms with E-state index in [1.807, 2.05) is 49.1 Å². The van der Waals surface area contributed by atoms with E-state index in [2.05, 4.69) is 0 Å². The largest absolute Gasteiger partial charge is 0.481 e. The molecule has 0 aliphatic carbocycles. The van der Waals surface area contributed by atoms with E-state index in [9.17, 15) is 24.2 Å². The van der Waals surface area contributed by atoms with Crippen molar-refractivity contribution in [2.45, 2.75) is 83.0 Å². The number of carboxylic acids is 1. The highest BCUT2D eigenvalue weighted by Crippen LogP contribution is 2.35. The highest BCUT2D eigenvalue weighted by Gasteiger charge is 2.34. The Morgan fingerprint density at radius 1 is 1.02 bits per heavy atom. The first kappa shape index (κ1) is 29.4.